The minimum Gasteiger partial charge on any atom is -0.433 e. The van der Waals surface area contributed by atoms with E-state index in [9.17, 15) is 28.5 Å². The molecule has 11 heteroatoms. The molecule has 2 heterocycles. The molecule has 0 atom stereocenters. The maximum absolute atomic E-state index is 13.4. The number of hydrogen-bond acceptors (Lipinski definition) is 6. The van der Waals surface area contributed by atoms with Gasteiger partial charge in [0.15, 0.2) is 5.69 Å². The highest BCUT2D eigenvalue weighted by Gasteiger charge is 2.31. The molecule has 0 unspecified atom stereocenters. The summed E-state index contributed by atoms with van der Waals surface area (Å²) in [5.41, 5.74) is -0.287. The molecule has 1 aliphatic heterocycles. The highest BCUT2D eigenvalue weighted by Crippen LogP contribution is 2.37. The van der Waals surface area contributed by atoms with Gasteiger partial charge in [-0.2, -0.15) is 13.9 Å². The summed E-state index contributed by atoms with van der Waals surface area (Å²) in [5.74, 6) is -0.986. The number of benzene rings is 2. The lowest BCUT2D eigenvalue weighted by molar-refractivity contribution is -0.384. The van der Waals surface area contributed by atoms with Crippen molar-refractivity contribution in [1.29, 1.82) is 0 Å². The van der Waals surface area contributed by atoms with Crippen molar-refractivity contribution in [3.05, 3.63) is 85.8 Å². The van der Waals surface area contributed by atoms with E-state index >= 15 is 0 Å². The number of nitrogens with zero attached hydrogens (tertiary/aromatic N) is 4. The maximum atomic E-state index is 13.4. The normalized spacial score (nSPS) is 13.0. The second-order valence-electron chi connectivity index (χ2n) is 7.36. The van der Waals surface area contributed by atoms with Crippen molar-refractivity contribution in [3.63, 3.8) is 0 Å². The molecular weight excluding hydrogens is 438 g/mol. The van der Waals surface area contributed by atoms with Crippen molar-refractivity contribution in [2.75, 3.05) is 11.4 Å². The summed E-state index contributed by atoms with van der Waals surface area (Å²) in [5, 5.41) is 15.6. The van der Waals surface area contributed by atoms with Crippen LogP contribution in [0.2, 0.25) is 0 Å². The van der Waals surface area contributed by atoms with Crippen LogP contribution in [0.5, 0.6) is 5.75 Å². The van der Waals surface area contributed by atoms with Gasteiger partial charge in [-0.05, 0) is 37.5 Å². The van der Waals surface area contributed by atoms with Gasteiger partial charge < -0.3 is 9.64 Å². The number of aromatic nitrogens is 2. The zero-order valence-electron chi connectivity index (χ0n) is 17.4. The third-order valence-corrected chi connectivity index (χ3v) is 5.26. The molecule has 0 saturated carbocycles. The van der Waals surface area contributed by atoms with Gasteiger partial charge in [0.2, 0.25) is 5.43 Å². The number of carbonyl (C=O) groups is 1. The summed E-state index contributed by atoms with van der Waals surface area (Å²) in [6.45, 7) is -1.40. The molecule has 0 spiro atoms. The van der Waals surface area contributed by atoms with E-state index in [1.165, 1.54) is 36.1 Å². The van der Waals surface area contributed by atoms with E-state index in [0.717, 1.165) is 10.7 Å². The minimum absolute atomic E-state index is 0.0785. The molecule has 9 nitrogen and oxygen atoms in total. The van der Waals surface area contributed by atoms with Gasteiger partial charge in [0.05, 0.1) is 10.6 Å². The number of fused-ring (bicyclic) bond motifs is 1. The van der Waals surface area contributed by atoms with Gasteiger partial charge in [-0.1, -0.05) is 24.3 Å². The number of halogens is 2. The Morgan fingerprint density at radius 3 is 2.70 bits per heavy atom. The number of amides is 1. The zero-order valence-corrected chi connectivity index (χ0v) is 17.4. The molecule has 170 valence electrons. The average molecular weight is 456 g/mol. The van der Waals surface area contributed by atoms with Crippen LogP contribution in [0.3, 0.4) is 0 Å². The van der Waals surface area contributed by atoms with Gasteiger partial charge in [-0.15, -0.1) is 0 Å². The second-order valence-corrected chi connectivity index (χ2v) is 7.36. The van der Waals surface area contributed by atoms with Crippen LogP contribution in [0, 0.1) is 17.0 Å². The minimum atomic E-state index is -3.09. The van der Waals surface area contributed by atoms with E-state index in [2.05, 4.69) is 9.84 Å². The van der Waals surface area contributed by atoms with Gasteiger partial charge in [0.1, 0.15) is 11.4 Å². The van der Waals surface area contributed by atoms with Crippen molar-refractivity contribution in [3.8, 4) is 11.4 Å². The predicted octanol–water partition coefficient (Wildman–Crippen LogP) is 3.64. The smallest absolute Gasteiger partial charge is 0.387 e. The van der Waals surface area contributed by atoms with Gasteiger partial charge in [0, 0.05) is 24.4 Å². The number of hydrogen-bond donors (Lipinski definition) is 0. The summed E-state index contributed by atoms with van der Waals surface area (Å²) < 4.78 is 31.7. The van der Waals surface area contributed by atoms with Crippen LogP contribution in [-0.2, 0) is 6.42 Å². The number of alkyl halides is 2. The Labute approximate surface area is 186 Å². The molecule has 0 fully saturated rings. The fourth-order valence-electron chi connectivity index (χ4n) is 3.87. The van der Waals surface area contributed by atoms with Crippen LogP contribution in [0.15, 0.2) is 53.3 Å². The molecule has 0 radical (unpaired) electrons. The van der Waals surface area contributed by atoms with Crippen LogP contribution >= 0.6 is 0 Å². The molecule has 1 aliphatic rings. The van der Waals surface area contributed by atoms with Crippen LogP contribution in [0.25, 0.3) is 5.69 Å². The van der Waals surface area contributed by atoms with Gasteiger partial charge in [-0.3, -0.25) is 19.7 Å². The number of anilines is 1. The Morgan fingerprint density at radius 1 is 1.21 bits per heavy atom. The number of aryl methyl sites for hydroxylation is 2. The van der Waals surface area contributed by atoms with Crippen molar-refractivity contribution in [2.24, 2.45) is 0 Å². The van der Waals surface area contributed by atoms with Crippen LogP contribution < -0.4 is 15.1 Å². The molecule has 0 N–H and O–H groups in total. The highest BCUT2D eigenvalue weighted by atomic mass is 19.3. The molecule has 1 amide bonds. The Kier molecular flexibility index (Phi) is 5.86. The molecule has 0 bridgehead atoms. The fraction of sp³-hybridized carbons (Fsp3) is 0.227. The Hall–Kier alpha value is -4.15. The molecule has 1 aromatic heterocycles. The Bertz CT molecular complexity index is 1310. The van der Waals surface area contributed by atoms with Crippen molar-refractivity contribution in [2.45, 2.75) is 26.4 Å². The summed E-state index contributed by atoms with van der Waals surface area (Å²) >= 11 is 0. The standard InChI is InChI=1S/C22H18F2N4O5/c1-13-12-17(29)19(25-27(13)15-8-2-3-9-16(15)28(31)32)21(30)26-11-5-7-14-6-4-10-18(20(14)26)33-22(23)24/h2-4,6,8-10,12,22H,5,7,11H2,1H3. The monoisotopic (exact) mass is 456 g/mol. The fourth-order valence-corrected chi connectivity index (χ4v) is 3.87. The SMILES string of the molecule is Cc1cc(=O)c(C(=O)N2CCCc3cccc(OC(F)F)c32)nn1-c1ccccc1[N+](=O)[O-]. The molecule has 33 heavy (non-hydrogen) atoms. The summed E-state index contributed by atoms with van der Waals surface area (Å²) in [7, 11) is 0. The molecular formula is C22H18F2N4O5. The van der Waals surface area contributed by atoms with E-state index in [-0.39, 0.29) is 35.1 Å². The molecule has 2 aromatic carbocycles. The van der Waals surface area contributed by atoms with Crippen molar-refractivity contribution >= 4 is 17.3 Å². The first-order valence-electron chi connectivity index (χ1n) is 10.0. The summed E-state index contributed by atoms with van der Waals surface area (Å²) in [6, 6.07) is 11.5. The predicted molar refractivity (Wildman–Crippen MR) is 114 cm³/mol. The summed E-state index contributed by atoms with van der Waals surface area (Å²) in [6.07, 6.45) is 1.09. The number of ether oxygens (including phenoxy) is 1. The van der Waals surface area contributed by atoms with Gasteiger partial charge in [-0.25, -0.2) is 4.68 Å². The highest BCUT2D eigenvalue weighted by molar-refractivity contribution is 6.06. The maximum Gasteiger partial charge on any atom is 0.387 e. The average Bonchev–Trinajstić information content (AvgIpc) is 2.78. The van der Waals surface area contributed by atoms with E-state index in [4.69, 9.17) is 0 Å². The number of nitro benzene ring substituents is 1. The lowest BCUT2D eigenvalue weighted by Crippen LogP contribution is -2.39. The van der Waals surface area contributed by atoms with Crippen LogP contribution in [0.1, 0.15) is 28.2 Å². The Balaban J connectivity index is 1.83. The van der Waals surface area contributed by atoms with Gasteiger partial charge in [0.25, 0.3) is 11.6 Å². The molecule has 0 aliphatic carbocycles. The number of para-hydroxylation sites is 3. The third kappa shape index (κ3) is 4.16. The first-order chi connectivity index (χ1) is 15.8. The Morgan fingerprint density at radius 2 is 1.97 bits per heavy atom. The lowest BCUT2D eigenvalue weighted by atomic mass is 10.0. The number of carbonyl (C=O) groups excluding carboxylic acids is 1. The van der Waals surface area contributed by atoms with E-state index in [1.54, 1.807) is 18.2 Å². The van der Waals surface area contributed by atoms with Crippen molar-refractivity contribution in [1.82, 2.24) is 9.78 Å². The lowest BCUT2D eigenvalue weighted by Gasteiger charge is -2.30. The molecule has 3 aromatic rings. The summed E-state index contributed by atoms with van der Waals surface area (Å²) in [4.78, 5) is 38.2. The zero-order chi connectivity index (χ0) is 23.7. The van der Waals surface area contributed by atoms with Gasteiger partial charge >= 0.3 is 6.61 Å². The second kappa shape index (κ2) is 8.77. The molecule has 4 rings (SSSR count). The number of rotatable bonds is 5. The first kappa shape index (κ1) is 22.1. The molecule has 0 saturated heterocycles. The van der Waals surface area contributed by atoms with Crippen molar-refractivity contribution < 1.29 is 23.2 Å². The van der Waals surface area contributed by atoms with Crippen LogP contribution in [-0.4, -0.2) is 33.8 Å². The van der Waals surface area contributed by atoms with E-state index in [1.807, 2.05) is 0 Å². The third-order valence-electron chi connectivity index (χ3n) is 5.26. The first-order valence-corrected chi connectivity index (χ1v) is 10.0. The largest absolute Gasteiger partial charge is 0.433 e. The number of nitro groups is 1. The van der Waals surface area contributed by atoms with Crippen LogP contribution in [0.4, 0.5) is 20.2 Å². The quantitative estimate of drug-likeness (QED) is 0.429. The topological polar surface area (TPSA) is 108 Å². The van der Waals surface area contributed by atoms with E-state index in [0.29, 0.717) is 18.4 Å². The van der Waals surface area contributed by atoms with E-state index < -0.39 is 28.6 Å².